The van der Waals surface area contributed by atoms with Crippen LogP contribution in [0.25, 0.3) is 11.3 Å². The fourth-order valence-electron chi connectivity index (χ4n) is 2.59. The summed E-state index contributed by atoms with van der Waals surface area (Å²) in [4.78, 5) is 0. The van der Waals surface area contributed by atoms with Crippen LogP contribution in [0.4, 0.5) is 30.7 Å². The number of nitrogens with zero attached hydrogens (tertiary/aromatic N) is 3. The predicted molar refractivity (Wildman–Crippen MR) is 87.3 cm³/mol. The van der Waals surface area contributed by atoms with Gasteiger partial charge in [0.25, 0.3) is 0 Å². The van der Waals surface area contributed by atoms with Crippen LogP contribution < -0.4 is 4.74 Å². The number of halogens is 7. The summed E-state index contributed by atoms with van der Waals surface area (Å²) >= 11 is 0. The lowest BCUT2D eigenvalue weighted by atomic mass is 10.1. The lowest BCUT2D eigenvalue weighted by Gasteiger charge is -2.15. The van der Waals surface area contributed by atoms with E-state index in [4.69, 9.17) is 10.00 Å². The van der Waals surface area contributed by atoms with Gasteiger partial charge >= 0.3 is 12.4 Å². The molecule has 0 atom stereocenters. The summed E-state index contributed by atoms with van der Waals surface area (Å²) in [5.41, 5.74) is -3.53. The van der Waals surface area contributed by atoms with Crippen molar-refractivity contribution in [1.82, 2.24) is 15.4 Å². The third kappa shape index (κ3) is 4.51. The number of aromatic nitrogens is 3. The fraction of sp³-hybridized carbons (Fsp3) is 0.167. The Hall–Kier alpha value is -3.62. The number of nitriles is 1. The molecule has 3 rings (SSSR count). The van der Waals surface area contributed by atoms with Gasteiger partial charge in [-0.1, -0.05) is 11.3 Å². The molecule has 0 unspecified atom stereocenters. The van der Waals surface area contributed by atoms with Crippen LogP contribution in [0.15, 0.2) is 36.4 Å². The number of ether oxygens (including phenoxy) is 1. The maximum absolute atomic E-state index is 13.2. The molecule has 156 valence electrons. The number of benzene rings is 2. The standard InChI is InChI=1S/C18H9F7N4O/c19-12-2-1-9(14(6-12)18(23,24)25)8-30-13-4-10(3-11(5-13)17(20,21)22)16-15(7-26)27-29-28-16/h1-6H,8H2,(H,27,28,29). The minimum absolute atomic E-state index is 0.180. The molecule has 5 nitrogen and oxygen atoms in total. The molecule has 1 N–H and O–H groups in total. The van der Waals surface area contributed by atoms with Crippen LogP contribution in [-0.2, 0) is 19.0 Å². The number of nitrogens with one attached hydrogen (secondary N) is 1. The maximum Gasteiger partial charge on any atom is 0.416 e. The van der Waals surface area contributed by atoms with E-state index in [0.717, 1.165) is 18.2 Å². The highest BCUT2D eigenvalue weighted by Crippen LogP contribution is 2.37. The lowest BCUT2D eigenvalue weighted by Crippen LogP contribution is -2.12. The van der Waals surface area contributed by atoms with Crippen LogP contribution in [0.2, 0.25) is 0 Å². The number of rotatable bonds is 4. The molecule has 0 aliphatic carbocycles. The summed E-state index contributed by atoms with van der Waals surface area (Å²) < 4.78 is 97.3. The molecule has 30 heavy (non-hydrogen) atoms. The average molecular weight is 430 g/mol. The van der Waals surface area contributed by atoms with Crippen LogP contribution in [0.3, 0.4) is 0 Å². The molecule has 0 radical (unpaired) electrons. The highest BCUT2D eigenvalue weighted by molar-refractivity contribution is 5.67. The molecule has 1 heterocycles. The number of hydrogen-bond donors (Lipinski definition) is 1. The van der Waals surface area contributed by atoms with Crippen LogP contribution >= 0.6 is 0 Å². The van der Waals surface area contributed by atoms with Gasteiger partial charge in [-0.2, -0.15) is 31.6 Å². The van der Waals surface area contributed by atoms with Crippen molar-refractivity contribution >= 4 is 0 Å². The quantitative estimate of drug-likeness (QED) is 0.585. The number of aromatic amines is 1. The smallest absolute Gasteiger partial charge is 0.416 e. The molecular weight excluding hydrogens is 421 g/mol. The molecule has 0 saturated carbocycles. The van der Waals surface area contributed by atoms with E-state index in [2.05, 4.69) is 15.4 Å². The van der Waals surface area contributed by atoms with Gasteiger partial charge in [0.2, 0.25) is 0 Å². The first-order chi connectivity index (χ1) is 14.0. The number of hydrogen-bond acceptors (Lipinski definition) is 4. The van der Waals surface area contributed by atoms with Gasteiger partial charge in [-0.05, 0) is 30.3 Å². The Morgan fingerprint density at radius 1 is 1.00 bits per heavy atom. The largest absolute Gasteiger partial charge is 0.489 e. The first-order valence-electron chi connectivity index (χ1n) is 8.01. The Kier molecular flexibility index (Phi) is 5.39. The summed E-state index contributed by atoms with van der Waals surface area (Å²) in [6.07, 6.45) is -9.69. The monoisotopic (exact) mass is 430 g/mol. The van der Waals surface area contributed by atoms with E-state index in [0.29, 0.717) is 12.1 Å². The zero-order valence-corrected chi connectivity index (χ0v) is 14.6. The van der Waals surface area contributed by atoms with Crippen LogP contribution in [0.1, 0.15) is 22.4 Å². The fourth-order valence-corrected chi connectivity index (χ4v) is 2.59. The molecule has 0 aliphatic rings. The topological polar surface area (TPSA) is 74.6 Å². The van der Waals surface area contributed by atoms with E-state index in [-0.39, 0.29) is 23.0 Å². The van der Waals surface area contributed by atoms with Gasteiger partial charge < -0.3 is 4.74 Å². The van der Waals surface area contributed by atoms with E-state index in [1.807, 2.05) is 0 Å². The van der Waals surface area contributed by atoms with E-state index >= 15 is 0 Å². The Morgan fingerprint density at radius 2 is 1.73 bits per heavy atom. The van der Waals surface area contributed by atoms with Crippen molar-refractivity contribution in [3.05, 3.63) is 64.6 Å². The molecule has 0 bridgehead atoms. The molecule has 2 aromatic carbocycles. The molecule has 0 amide bonds. The van der Waals surface area contributed by atoms with Crippen LogP contribution in [0, 0.1) is 17.1 Å². The third-order valence-electron chi connectivity index (χ3n) is 3.94. The van der Waals surface area contributed by atoms with Crippen LogP contribution in [0.5, 0.6) is 5.75 Å². The van der Waals surface area contributed by atoms with Crippen molar-refractivity contribution in [3.63, 3.8) is 0 Å². The second-order valence-corrected chi connectivity index (χ2v) is 5.98. The SMILES string of the molecule is N#Cc1[nH]nnc1-c1cc(OCc2ccc(F)cc2C(F)(F)F)cc(C(F)(F)F)c1. The van der Waals surface area contributed by atoms with Gasteiger partial charge in [-0.15, -0.1) is 5.10 Å². The summed E-state index contributed by atoms with van der Waals surface area (Å²) in [6, 6.07) is 5.92. The van der Waals surface area contributed by atoms with Gasteiger partial charge in [0.05, 0.1) is 11.1 Å². The summed E-state index contributed by atoms with van der Waals surface area (Å²) in [6.45, 7) is -0.778. The first kappa shape index (κ1) is 21.1. The number of alkyl halides is 6. The highest BCUT2D eigenvalue weighted by atomic mass is 19.4. The minimum Gasteiger partial charge on any atom is -0.489 e. The average Bonchev–Trinajstić information content (AvgIpc) is 3.14. The zero-order valence-electron chi connectivity index (χ0n) is 14.6. The van der Waals surface area contributed by atoms with E-state index < -0.39 is 47.2 Å². The van der Waals surface area contributed by atoms with E-state index in [1.54, 1.807) is 6.07 Å². The molecular formula is C18H9F7N4O. The van der Waals surface area contributed by atoms with Crippen molar-refractivity contribution in [1.29, 1.82) is 5.26 Å². The predicted octanol–water partition coefficient (Wildman–Crippen LogP) is 5.10. The zero-order chi connectivity index (χ0) is 22.1. The molecule has 0 spiro atoms. The Bertz CT molecular complexity index is 1110. The maximum atomic E-state index is 13.2. The normalized spacial score (nSPS) is 11.9. The van der Waals surface area contributed by atoms with E-state index in [1.165, 1.54) is 0 Å². The van der Waals surface area contributed by atoms with Crippen molar-refractivity contribution in [2.75, 3.05) is 0 Å². The van der Waals surface area contributed by atoms with Crippen LogP contribution in [-0.4, -0.2) is 15.4 Å². The molecule has 3 aromatic rings. The third-order valence-corrected chi connectivity index (χ3v) is 3.94. The Morgan fingerprint density at radius 3 is 2.37 bits per heavy atom. The Balaban J connectivity index is 1.99. The summed E-state index contributed by atoms with van der Waals surface area (Å²) in [5, 5.41) is 18.1. The van der Waals surface area contributed by atoms with Gasteiger partial charge in [0.1, 0.15) is 29.9 Å². The van der Waals surface area contributed by atoms with Crippen molar-refractivity contribution in [2.45, 2.75) is 19.0 Å². The molecule has 0 aliphatic heterocycles. The highest BCUT2D eigenvalue weighted by Gasteiger charge is 2.34. The molecule has 0 fully saturated rings. The molecule has 1 aromatic heterocycles. The van der Waals surface area contributed by atoms with Gasteiger partial charge in [-0.3, -0.25) is 0 Å². The minimum atomic E-state index is -4.89. The lowest BCUT2D eigenvalue weighted by molar-refractivity contribution is -0.139. The summed E-state index contributed by atoms with van der Waals surface area (Å²) in [5.74, 6) is -1.55. The Labute approximate surface area is 163 Å². The van der Waals surface area contributed by atoms with Gasteiger partial charge in [0, 0.05) is 11.1 Å². The second-order valence-electron chi connectivity index (χ2n) is 5.98. The first-order valence-corrected chi connectivity index (χ1v) is 8.01. The molecule has 0 saturated heterocycles. The van der Waals surface area contributed by atoms with Gasteiger partial charge in [-0.25, -0.2) is 9.49 Å². The van der Waals surface area contributed by atoms with Crippen molar-refractivity contribution < 1.29 is 35.5 Å². The van der Waals surface area contributed by atoms with Crippen molar-refractivity contribution in [3.8, 4) is 23.1 Å². The van der Waals surface area contributed by atoms with Crippen molar-refractivity contribution in [2.24, 2.45) is 0 Å². The van der Waals surface area contributed by atoms with Gasteiger partial charge in [0.15, 0.2) is 5.69 Å². The number of H-pyrrole nitrogens is 1. The van der Waals surface area contributed by atoms with E-state index in [9.17, 15) is 30.7 Å². The summed E-state index contributed by atoms with van der Waals surface area (Å²) in [7, 11) is 0. The second kappa shape index (κ2) is 7.66. The molecule has 12 heteroatoms.